The lowest BCUT2D eigenvalue weighted by atomic mass is 10.1. The van der Waals surface area contributed by atoms with Gasteiger partial charge in [-0.3, -0.25) is 4.79 Å². The van der Waals surface area contributed by atoms with E-state index < -0.39 is 0 Å². The van der Waals surface area contributed by atoms with Crippen LogP contribution in [-0.4, -0.2) is 10.9 Å². The Kier molecular flexibility index (Phi) is 3.77. The molecule has 0 saturated heterocycles. The second-order valence-corrected chi connectivity index (χ2v) is 5.35. The van der Waals surface area contributed by atoms with E-state index in [0.29, 0.717) is 27.5 Å². The summed E-state index contributed by atoms with van der Waals surface area (Å²) in [5, 5.41) is 3.89. The predicted octanol–water partition coefficient (Wildman–Crippen LogP) is 4.59. The zero-order chi connectivity index (χ0) is 15.7. The maximum absolute atomic E-state index is 13.5. The molecule has 0 radical (unpaired) electrons. The van der Waals surface area contributed by atoms with Gasteiger partial charge in [0.1, 0.15) is 11.0 Å². The number of rotatable bonds is 2. The zero-order valence-electron chi connectivity index (χ0n) is 11.7. The molecule has 0 spiro atoms. The molecule has 0 aliphatic rings. The lowest BCUT2D eigenvalue weighted by molar-refractivity contribution is 0.102. The number of aromatic nitrogens is 1. The van der Waals surface area contributed by atoms with Crippen LogP contribution in [0, 0.1) is 12.7 Å². The topological polar surface area (TPSA) is 42.0 Å². The van der Waals surface area contributed by atoms with Gasteiger partial charge < -0.3 is 5.32 Å². The highest BCUT2D eigenvalue weighted by Crippen LogP contribution is 2.19. The molecule has 110 valence electrons. The van der Waals surface area contributed by atoms with Crippen LogP contribution in [0.15, 0.2) is 48.5 Å². The monoisotopic (exact) mass is 314 g/mol. The average Bonchev–Trinajstić information content (AvgIpc) is 2.50. The van der Waals surface area contributed by atoms with E-state index in [0.717, 1.165) is 5.39 Å². The van der Waals surface area contributed by atoms with Gasteiger partial charge in [0, 0.05) is 16.6 Å². The third kappa shape index (κ3) is 2.92. The molecule has 5 heteroatoms. The minimum atomic E-state index is -0.352. The minimum absolute atomic E-state index is 0.305. The Morgan fingerprint density at radius 2 is 1.95 bits per heavy atom. The van der Waals surface area contributed by atoms with Crippen LogP contribution in [0.3, 0.4) is 0 Å². The van der Waals surface area contributed by atoms with Gasteiger partial charge in [-0.25, -0.2) is 9.37 Å². The van der Waals surface area contributed by atoms with Crippen molar-refractivity contribution in [2.24, 2.45) is 0 Å². The van der Waals surface area contributed by atoms with Crippen LogP contribution in [0.4, 0.5) is 10.1 Å². The van der Waals surface area contributed by atoms with E-state index in [1.165, 1.54) is 6.07 Å². The number of carbonyl (C=O) groups excluding carboxylic acids is 1. The summed E-state index contributed by atoms with van der Waals surface area (Å²) in [5.74, 6) is -0.657. The number of anilines is 1. The minimum Gasteiger partial charge on any atom is -0.322 e. The number of pyridine rings is 1. The maximum Gasteiger partial charge on any atom is 0.255 e. The summed E-state index contributed by atoms with van der Waals surface area (Å²) in [5.41, 5.74) is 2.14. The van der Waals surface area contributed by atoms with Crippen LogP contribution in [0.5, 0.6) is 0 Å². The number of hydrogen-bond donors (Lipinski definition) is 1. The second kappa shape index (κ2) is 5.73. The van der Waals surface area contributed by atoms with Crippen molar-refractivity contribution in [1.82, 2.24) is 4.98 Å². The van der Waals surface area contributed by atoms with E-state index in [1.54, 1.807) is 49.4 Å². The van der Waals surface area contributed by atoms with Gasteiger partial charge in [0.2, 0.25) is 0 Å². The first-order valence-corrected chi connectivity index (χ1v) is 7.04. The number of aryl methyl sites for hydroxylation is 1. The third-order valence-electron chi connectivity index (χ3n) is 3.35. The third-order valence-corrected chi connectivity index (χ3v) is 3.56. The van der Waals surface area contributed by atoms with Crippen molar-refractivity contribution in [3.05, 3.63) is 70.6 Å². The van der Waals surface area contributed by atoms with Crippen molar-refractivity contribution < 1.29 is 9.18 Å². The van der Waals surface area contributed by atoms with Gasteiger partial charge in [-0.2, -0.15) is 0 Å². The van der Waals surface area contributed by atoms with Gasteiger partial charge >= 0.3 is 0 Å². The summed E-state index contributed by atoms with van der Waals surface area (Å²) >= 11 is 5.83. The summed E-state index contributed by atoms with van der Waals surface area (Å²) < 4.78 is 13.5. The molecule has 3 nitrogen and oxygen atoms in total. The number of hydrogen-bond acceptors (Lipinski definition) is 2. The Hall–Kier alpha value is -2.46. The van der Waals surface area contributed by atoms with Crippen LogP contribution in [0.25, 0.3) is 10.9 Å². The summed E-state index contributed by atoms with van der Waals surface area (Å²) in [4.78, 5) is 16.4. The summed E-state index contributed by atoms with van der Waals surface area (Å²) in [6.07, 6.45) is 0. The number of fused-ring (bicyclic) bond motifs is 1. The van der Waals surface area contributed by atoms with Crippen LogP contribution < -0.4 is 5.32 Å². The fourth-order valence-corrected chi connectivity index (χ4v) is 2.27. The molecule has 22 heavy (non-hydrogen) atoms. The highest BCUT2D eigenvalue weighted by Gasteiger charge is 2.09. The Labute approximate surface area is 131 Å². The number of nitrogens with one attached hydrogen (secondary N) is 1. The predicted molar refractivity (Wildman–Crippen MR) is 85.8 cm³/mol. The van der Waals surface area contributed by atoms with E-state index in [4.69, 9.17) is 11.6 Å². The van der Waals surface area contributed by atoms with Crippen LogP contribution in [0.1, 0.15) is 15.9 Å². The SMILES string of the molecule is Cc1ccc(NC(=O)c2ccc3nc(Cl)ccc3c2)cc1F. The molecule has 3 aromatic rings. The molecule has 0 fully saturated rings. The molecule has 3 rings (SSSR count). The highest BCUT2D eigenvalue weighted by molar-refractivity contribution is 6.29. The number of carbonyl (C=O) groups is 1. The van der Waals surface area contributed by atoms with Gasteiger partial charge in [0.05, 0.1) is 5.52 Å². The first-order chi connectivity index (χ1) is 10.5. The highest BCUT2D eigenvalue weighted by atomic mass is 35.5. The normalized spacial score (nSPS) is 10.7. The lowest BCUT2D eigenvalue weighted by Crippen LogP contribution is -2.12. The summed E-state index contributed by atoms with van der Waals surface area (Å²) in [6, 6.07) is 13.2. The fraction of sp³-hybridized carbons (Fsp3) is 0.0588. The van der Waals surface area contributed by atoms with Crippen molar-refractivity contribution in [2.45, 2.75) is 6.92 Å². The van der Waals surface area contributed by atoms with E-state index in [9.17, 15) is 9.18 Å². The molecule has 0 atom stereocenters. The maximum atomic E-state index is 13.5. The van der Waals surface area contributed by atoms with Crippen molar-refractivity contribution in [3.63, 3.8) is 0 Å². The van der Waals surface area contributed by atoms with Crippen LogP contribution >= 0.6 is 11.6 Å². The Morgan fingerprint density at radius 1 is 1.14 bits per heavy atom. The van der Waals surface area contributed by atoms with Crippen molar-refractivity contribution >= 4 is 34.1 Å². The zero-order valence-corrected chi connectivity index (χ0v) is 12.5. The van der Waals surface area contributed by atoms with Crippen LogP contribution in [-0.2, 0) is 0 Å². The Bertz CT molecular complexity index is 880. The molecular weight excluding hydrogens is 303 g/mol. The fourth-order valence-electron chi connectivity index (χ4n) is 2.12. The average molecular weight is 315 g/mol. The molecule has 0 saturated carbocycles. The number of nitrogens with zero attached hydrogens (tertiary/aromatic N) is 1. The Balaban J connectivity index is 1.88. The summed E-state index contributed by atoms with van der Waals surface area (Å²) in [7, 11) is 0. The summed E-state index contributed by atoms with van der Waals surface area (Å²) in [6.45, 7) is 1.67. The molecule has 0 bridgehead atoms. The lowest BCUT2D eigenvalue weighted by Gasteiger charge is -2.07. The number of halogens is 2. The van der Waals surface area contributed by atoms with Gasteiger partial charge in [0.25, 0.3) is 5.91 Å². The molecule has 1 N–H and O–H groups in total. The quantitative estimate of drug-likeness (QED) is 0.703. The second-order valence-electron chi connectivity index (χ2n) is 4.96. The molecule has 1 amide bonds. The molecule has 0 aliphatic carbocycles. The molecule has 1 heterocycles. The first kappa shape index (κ1) is 14.5. The van der Waals surface area contributed by atoms with Crippen molar-refractivity contribution in [3.8, 4) is 0 Å². The smallest absolute Gasteiger partial charge is 0.255 e. The van der Waals surface area contributed by atoms with E-state index in [2.05, 4.69) is 10.3 Å². The molecule has 1 aromatic heterocycles. The standard InChI is InChI=1S/C17H12ClFN2O/c1-10-2-5-13(9-14(10)19)20-17(22)12-3-6-15-11(8-12)4-7-16(18)21-15/h2-9H,1H3,(H,20,22). The number of amides is 1. The number of benzene rings is 2. The first-order valence-electron chi connectivity index (χ1n) is 6.67. The molecule has 2 aromatic carbocycles. The van der Waals surface area contributed by atoms with E-state index in [1.807, 2.05) is 0 Å². The van der Waals surface area contributed by atoms with E-state index >= 15 is 0 Å². The molecule has 0 aliphatic heterocycles. The van der Waals surface area contributed by atoms with Crippen molar-refractivity contribution in [1.29, 1.82) is 0 Å². The largest absolute Gasteiger partial charge is 0.322 e. The molecule has 0 unspecified atom stereocenters. The van der Waals surface area contributed by atoms with Gasteiger partial charge in [-0.05, 0) is 55.0 Å². The van der Waals surface area contributed by atoms with E-state index in [-0.39, 0.29) is 11.7 Å². The van der Waals surface area contributed by atoms with Crippen molar-refractivity contribution in [2.75, 3.05) is 5.32 Å². The molecular formula is C17H12ClFN2O. The van der Waals surface area contributed by atoms with Gasteiger partial charge in [0.15, 0.2) is 0 Å². The Morgan fingerprint density at radius 3 is 2.73 bits per heavy atom. The van der Waals surface area contributed by atoms with Gasteiger partial charge in [-0.15, -0.1) is 0 Å². The van der Waals surface area contributed by atoms with Crippen LogP contribution in [0.2, 0.25) is 5.15 Å². The van der Waals surface area contributed by atoms with Gasteiger partial charge in [-0.1, -0.05) is 17.7 Å².